The number of fused-ring (bicyclic) bond motifs is 2. The molecule has 1 saturated heterocycles. The molecule has 10 nitrogen and oxygen atoms in total. The number of aromatic nitrogens is 2. The number of nitrogens with zero attached hydrogens (tertiary/aromatic N) is 2. The SMILES string of the molecule is O=C(C/C=C/c1cn(C2CCC(CO)O2)c(=O)[nH]c1=O)NCCC(=O)N1Cc2ccccc2C#Cc2ccccc21. The Bertz CT molecular complexity index is 1660. The van der Waals surface area contributed by atoms with Crippen LogP contribution >= 0.6 is 0 Å². The minimum atomic E-state index is -0.601. The van der Waals surface area contributed by atoms with Crippen molar-refractivity contribution in [3.8, 4) is 11.8 Å². The maximum Gasteiger partial charge on any atom is 0.330 e. The van der Waals surface area contributed by atoms with Gasteiger partial charge in [0.15, 0.2) is 0 Å². The molecule has 10 heteroatoms. The molecule has 3 aromatic rings. The highest BCUT2D eigenvalue weighted by atomic mass is 16.5. The lowest BCUT2D eigenvalue weighted by molar-refractivity contribution is -0.120. The number of para-hydroxylation sites is 1. The molecule has 3 N–H and O–H groups in total. The van der Waals surface area contributed by atoms with Gasteiger partial charge in [0.25, 0.3) is 5.56 Å². The molecule has 3 heterocycles. The summed E-state index contributed by atoms with van der Waals surface area (Å²) in [5.74, 6) is 5.91. The third-order valence-corrected chi connectivity index (χ3v) is 7.03. The number of aliphatic hydroxyl groups is 1. The van der Waals surface area contributed by atoms with E-state index in [4.69, 9.17) is 4.74 Å². The molecule has 5 rings (SSSR count). The second-order valence-corrected chi connectivity index (χ2v) is 9.83. The van der Waals surface area contributed by atoms with Crippen LogP contribution < -0.4 is 21.5 Å². The number of ether oxygens (including phenoxy) is 1. The van der Waals surface area contributed by atoms with Crippen LogP contribution in [0, 0.1) is 11.8 Å². The molecule has 2 aromatic carbocycles. The van der Waals surface area contributed by atoms with Gasteiger partial charge in [0, 0.05) is 36.7 Å². The number of H-pyrrole nitrogens is 1. The van der Waals surface area contributed by atoms with Gasteiger partial charge in [-0.3, -0.25) is 23.9 Å². The predicted molar refractivity (Wildman–Crippen MR) is 153 cm³/mol. The second kappa shape index (κ2) is 12.6. The van der Waals surface area contributed by atoms with Crippen LogP contribution in [-0.4, -0.2) is 45.7 Å². The van der Waals surface area contributed by atoms with E-state index in [0.717, 1.165) is 22.4 Å². The van der Waals surface area contributed by atoms with Gasteiger partial charge in [0.2, 0.25) is 11.8 Å². The van der Waals surface area contributed by atoms with E-state index >= 15 is 0 Å². The molecule has 2 unspecified atom stereocenters. The minimum absolute atomic E-state index is 0.0191. The zero-order chi connectivity index (χ0) is 28.8. The fourth-order valence-electron chi connectivity index (χ4n) is 4.88. The molecule has 41 heavy (non-hydrogen) atoms. The van der Waals surface area contributed by atoms with E-state index in [0.29, 0.717) is 19.4 Å². The predicted octanol–water partition coefficient (Wildman–Crippen LogP) is 2.06. The molecule has 1 fully saturated rings. The van der Waals surface area contributed by atoms with Gasteiger partial charge in [-0.25, -0.2) is 4.79 Å². The van der Waals surface area contributed by atoms with Gasteiger partial charge in [-0.1, -0.05) is 54.3 Å². The van der Waals surface area contributed by atoms with Gasteiger partial charge < -0.3 is 20.1 Å². The first kappa shape index (κ1) is 27.8. The summed E-state index contributed by atoms with van der Waals surface area (Å²) in [5.41, 5.74) is 2.34. The smallest absolute Gasteiger partial charge is 0.330 e. The summed E-state index contributed by atoms with van der Waals surface area (Å²) < 4.78 is 6.92. The summed E-state index contributed by atoms with van der Waals surface area (Å²) in [6, 6.07) is 15.2. The molecule has 1 aromatic heterocycles. The van der Waals surface area contributed by atoms with Crippen molar-refractivity contribution in [3.63, 3.8) is 0 Å². The number of aromatic amines is 1. The molecule has 2 aliphatic rings. The molecule has 0 spiro atoms. The monoisotopic (exact) mass is 554 g/mol. The van der Waals surface area contributed by atoms with E-state index in [-0.39, 0.29) is 49.5 Å². The molecular formula is C31H30N4O6. The Morgan fingerprint density at radius 1 is 1.07 bits per heavy atom. The van der Waals surface area contributed by atoms with Crippen molar-refractivity contribution in [2.45, 2.75) is 44.6 Å². The van der Waals surface area contributed by atoms with Crippen LogP contribution in [0.1, 0.15) is 54.2 Å². The topological polar surface area (TPSA) is 134 Å². The van der Waals surface area contributed by atoms with Gasteiger partial charge in [-0.15, -0.1) is 0 Å². The standard InChI is InChI=1S/C31H30N4O6/c36-20-25-14-15-29(41-25)35-19-24(30(39)33-31(35)40)9-5-11-27(37)32-17-16-28(38)34-18-23-8-2-1-6-21(23)12-13-22-7-3-4-10-26(22)34/h1-10,19,25,29,36H,11,14-18,20H2,(H,32,37)(H,33,39,40)/b9-5+. The average Bonchev–Trinajstić information content (AvgIpc) is 3.44. The van der Waals surface area contributed by atoms with Crippen molar-refractivity contribution in [2.24, 2.45) is 0 Å². The lowest BCUT2D eigenvalue weighted by Gasteiger charge is -2.26. The largest absolute Gasteiger partial charge is 0.394 e. The van der Waals surface area contributed by atoms with E-state index in [1.54, 1.807) is 4.90 Å². The van der Waals surface area contributed by atoms with Crippen molar-refractivity contribution in [1.29, 1.82) is 0 Å². The van der Waals surface area contributed by atoms with Crippen LogP contribution in [0.15, 0.2) is 70.4 Å². The Kier molecular flexibility index (Phi) is 8.58. The Morgan fingerprint density at radius 3 is 2.63 bits per heavy atom. The number of rotatable bonds is 8. The Hall–Kier alpha value is -4.72. The summed E-state index contributed by atoms with van der Waals surface area (Å²) in [5, 5.41) is 12.0. The second-order valence-electron chi connectivity index (χ2n) is 9.83. The van der Waals surface area contributed by atoms with E-state index in [9.17, 15) is 24.3 Å². The lowest BCUT2D eigenvalue weighted by atomic mass is 10.0. The quantitative estimate of drug-likeness (QED) is 0.365. The molecule has 2 aliphatic heterocycles. The normalized spacial score (nSPS) is 17.6. The lowest BCUT2D eigenvalue weighted by Crippen LogP contribution is -2.35. The van der Waals surface area contributed by atoms with Gasteiger partial charge >= 0.3 is 5.69 Å². The summed E-state index contributed by atoms with van der Waals surface area (Å²) in [7, 11) is 0. The highest BCUT2D eigenvalue weighted by molar-refractivity contribution is 5.95. The number of anilines is 1. The van der Waals surface area contributed by atoms with Gasteiger partial charge in [-0.2, -0.15) is 0 Å². The number of amides is 2. The first-order chi connectivity index (χ1) is 19.9. The maximum atomic E-state index is 13.3. The molecule has 2 amide bonds. The van der Waals surface area contributed by atoms with E-state index in [1.165, 1.54) is 22.9 Å². The fourth-order valence-corrected chi connectivity index (χ4v) is 4.88. The Morgan fingerprint density at radius 2 is 1.83 bits per heavy atom. The fraction of sp³-hybridized carbons (Fsp3) is 0.290. The Balaban J connectivity index is 1.18. The van der Waals surface area contributed by atoms with Crippen LogP contribution in [0.2, 0.25) is 0 Å². The van der Waals surface area contributed by atoms with Crippen molar-refractivity contribution in [2.75, 3.05) is 18.1 Å². The first-order valence-corrected chi connectivity index (χ1v) is 13.5. The number of carbonyl (C=O) groups excluding carboxylic acids is 2. The molecule has 0 radical (unpaired) electrons. The van der Waals surface area contributed by atoms with E-state index < -0.39 is 17.5 Å². The van der Waals surface area contributed by atoms with Crippen LogP contribution in [0.5, 0.6) is 0 Å². The number of hydrogen-bond donors (Lipinski definition) is 3. The average molecular weight is 555 g/mol. The third kappa shape index (κ3) is 6.54. The highest BCUT2D eigenvalue weighted by Gasteiger charge is 2.27. The number of carbonyl (C=O) groups is 2. The van der Waals surface area contributed by atoms with Crippen molar-refractivity contribution in [3.05, 3.63) is 104 Å². The number of nitrogens with one attached hydrogen (secondary N) is 2. The molecule has 0 bridgehead atoms. The van der Waals surface area contributed by atoms with Crippen LogP contribution in [-0.2, 0) is 20.9 Å². The highest BCUT2D eigenvalue weighted by Crippen LogP contribution is 2.27. The maximum absolute atomic E-state index is 13.3. The Labute approximate surface area is 236 Å². The van der Waals surface area contributed by atoms with Crippen LogP contribution in [0.4, 0.5) is 5.69 Å². The van der Waals surface area contributed by atoms with Crippen LogP contribution in [0.3, 0.4) is 0 Å². The summed E-state index contributed by atoms with van der Waals surface area (Å²) in [4.78, 5) is 54.2. The zero-order valence-electron chi connectivity index (χ0n) is 22.3. The summed E-state index contributed by atoms with van der Waals surface area (Å²) in [6.07, 6.45) is 4.66. The molecule has 2 atom stereocenters. The molecule has 0 saturated carbocycles. The van der Waals surface area contributed by atoms with Crippen LogP contribution in [0.25, 0.3) is 6.08 Å². The third-order valence-electron chi connectivity index (χ3n) is 7.03. The zero-order valence-corrected chi connectivity index (χ0v) is 22.3. The number of aliphatic hydroxyl groups excluding tert-OH is 1. The van der Waals surface area contributed by atoms with Crippen molar-refractivity contribution >= 4 is 23.6 Å². The van der Waals surface area contributed by atoms with Gasteiger partial charge in [-0.05, 0) is 36.6 Å². The van der Waals surface area contributed by atoms with E-state index in [1.807, 2.05) is 48.5 Å². The van der Waals surface area contributed by atoms with E-state index in [2.05, 4.69) is 22.1 Å². The van der Waals surface area contributed by atoms with Crippen molar-refractivity contribution in [1.82, 2.24) is 14.9 Å². The van der Waals surface area contributed by atoms with Gasteiger partial charge in [0.05, 0.1) is 30.5 Å². The van der Waals surface area contributed by atoms with Gasteiger partial charge in [0.1, 0.15) is 6.23 Å². The first-order valence-electron chi connectivity index (χ1n) is 13.5. The molecular weight excluding hydrogens is 524 g/mol. The minimum Gasteiger partial charge on any atom is -0.394 e. The molecule has 0 aliphatic carbocycles. The summed E-state index contributed by atoms with van der Waals surface area (Å²) in [6.45, 7) is 0.380. The summed E-state index contributed by atoms with van der Waals surface area (Å²) >= 11 is 0. The van der Waals surface area contributed by atoms with Crippen molar-refractivity contribution < 1.29 is 19.4 Å². The number of hydrogen-bond acceptors (Lipinski definition) is 6. The molecule has 210 valence electrons. The number of benzene rings is 2.